The van der Waals surface area contributed by atoms with Gasteiger partial charge in [-0.05, 0) is 116 Å². The molecule has 1 heterocycles. The van der Waals surface area contributed by atoms with Crippen LogP contribution in [-0.4, -0.2) is 87.5 Å². The number of ether oxygens (including phenoxy) is 2. The van der Waals surface area contributed by atoms with E-state index in [2.05, 4.69) is 165 Å². The minimum absolute atomic E-state index is 0.209. The van der Waals surface area contributed by atoms with Crippen molar-refractivity contribution >= 4 is 5.91 Å². The minimum Gasteiger partial charge on any atom is -0.394 e. The molecule has 1 aliphatic rings. The van der Waals surface area contributed by atoms with Crippen LogP contribution in [0.4, 0.5) is 0 Å². The quantitative estimate of drug-likeness (QED) is 0.0261. The summed E-state index contributed by atoms with van der Waals surface area (Å²) in [6.45, 7) is 3.66. The molecule has 1 amide bonds. The van der Waals surface area contributed by atoms with Crippen molar-refractivity contribution < 1.29 is 39.8 Å². The third kappa shape index (κ3) is 60.7. The number of hydrogen-bond donors (Lipinski definition) is 6. The van der Waals surface area contributed by atoms with Crippen LogP contribution in [0.1, 0.15) is 322 Å². The Morgan fingerprint density at radius 2 is 0.663 bits per heavy atom. The average molecular weight is 1320 g/mol. The topological polar surface area (TPSA) is 149 Å². The maximum absolute atomic E-state index is 13.2. The van der Waals surface area contributed by atoms with E-state index in [4.69, 9.17) is 9.47 Å². The van der Waals surface area contributed by atoms with E-state index in [0.717, 1.165) is 128 Å². The first kappa shape index (κ1) is 88.8. The van der Waals surface area contributed by atoms with Gasteiger partial charge in [-0.1, -0.05) is 358 Å². The number of carbonyl (C=O) groups excluding carboxylic acids is 1. The Hall–Kier alpha value is -4.19. The number of hydrogen-bond acceptors (Lipinski definition) is 8. The second kappa shape index (κ2) is 72.6. The molecule has 0 spiro atoms. The van der Waals surface area contributed by atoms with Gasteiger partial charge >= 0.3 is 0 Å². The summed E-state index contributed by atoms with van der Waals surface area (Å²) in [5.41, 5.74) is 0. The molecule has 542 valence electrons. The molecule has 95 heavy (non-hydrogen) atoms. The molecule has 9 heteroatoms. The lowest BCUT2D eigenvalue weighted by Crippen LogP contribution is -2.60. The normalized spacial score (nSPS) is 18.4. The molecule has 0 aliphatic carbocycles. The van der Waals surface area contributed by atoms with Crippen LogP contribution >= 0.6 is 0 Å². The van der Waals surface area contributed by atoms with Crippen molar-refractivity contribution in [2.45, 2.75) is 365 Å². The molecule has 9 nitrogen and oxygen atoms in total. The number of amides is 1. The molecule has 0 aromatic rings. The SMILES string of the molecule is CC/C=C\C/C=C\C/C=C\C/C=C\C/C=C\C/C=C\C/C=C\C/C=C\C/C=C\C/C=C\C/C=C\CCCCCCCC(=O)NC(COC1OC(CO)C(O)C(O)C1O)C(O)/C=C/CC/C=C/CCCCCCCCCCCCCCCCCCCCCCCCCCCCC. The molecule has 1 saturated heterocycles. The molecule has 0 aromatic heterocycles. The third-order valence-electron chi connectivity index (χ3n) is 17.6. The second-order valence-electron chi connectivity index (χ2n) is 26.4. The summed E-state index contributed by atoms with van der Waals surface area (Å²) in [4.78, 5) is 13.2. The average Bonchev–Trinajstić information content (AvgIpc) is 0.836. The number of carbonyl (C=O) groups is 1. The summed E-state index contributed by atoms with van der Waals surface area (Å²) >= 11 is 0. The molecule has 0 aromatic carbocycles. The second-order valence-corrected chi connectivity index (χ2v) is 26.4. The number of unbranched alkanes of at least 4 members (excludes halogenated alkanes) is 33. The van der Waals surface area contributed by atoms with Gasteiger partial charge in [0, 0.05) is 6.42 Å². The number of rotatable bonds is 67. The fourth-order valence-electron chi connectivity index (χ4n) is 11.5. The van der Waals surface area contributed by atoms with E-state index in [1.807, 2.05) is 6.08 Å². The summed E-state index contributed by atoms with van der Waals surface area (Å²) in [7, 11) is 0. The molecule has 1 aliphatic heterocycles. The van der Waals surface area contributed by atoms with Crippen LogP contribution in [0, 0.1) is 0 Å². The van der Waals surface area contributed by atoms with E-state index in [9.17, 15) is 30.3 Å². The van der Waals surface area contributed by atoms with Crippen LogP contribution in [0.25, 0.3) is 0 Å². The van der Waals surface area contributed by atoms with E-state index in [1.54, 1.807) is 6.08 Å². The van der Waals surface area contributed by atoms with Gasteiger partial charge < -0.3 is 40.3 Å². The monoisotopic (exact) mass is 1320 g/mol. The summed E-state index contributed by atoms with van der Waals surface area (Å²) in [6.07, 6.45) is 107. The standard InChI is InChI=1S/C86H145NO8/c1-3-5-7-9-11-13-15-17-19-21-23-25-27-29-31-33-35-37-38-39-40-41-42-44-46-48-50-52-54-56-58-60-62-64-66-68-70-72-74-76-82(90)87-79(78-94-86-85(93)84(92)83(91)81(77-88)95-86)80(89)75-73-71-69-67-65-63-61-59-57-55-53-51-49-47-45-43-36-34-32-30-28-26-24-22-20-18-16-14-12-10-8-6-4-2/h5,7,11,13,17,19,23,25,29,31,35,37,39-40,42,44,48,50,54,56,60,62,65,67,73,75,79-81,83-86,88-89,91-93H,3-4,6,8-10,12,14-16,18,20-22,24,26-28,30,32-34,36,38,41,43,45-47,49,51-53,55,57-59,61,63-64,66,68-72,74,76-78H2,1-2H3,(H,87,90)/b7-5-,13-11-,19-17-,25-23-,31-29-,37-35-,40-39-,44-42-,50-48-,56-54-,62-60-,67-65+,75-73+. The fraction of sp³-hybridized carbons (Fsp3) is 0.686. The van der Waals surface area contributed by atoms with E-state index < -0.39 is 49.5 Å². The third-order valence-corrected chi connectivity index (χ3v) is 17.6. The zero-order valence-electron chi connectivity index (χ0n) is 60.9. The van der Waals surface area contributed by atoms with Gasteiger partial charge in [-0.15, -0.1) is 0 Å². The molecule has 7 unspecified atom stereocenters. The van der Waals surface area contributed by atoms with Crippen LogP contribution in [0.2, 0.25) is 0 Å². The van der Waals surface area contributed by atoms with Crippen LogP contribution < -0.4 is 5.32 Å². The lowest BCUT2D eigenvalue weighted by Gasteiger charge is -2.40. The lowest BCUT2D eigenvalue weighted by molar-refractivity contribution is -0.302. The Bertz CT molecular complexity index is 2070. The van der Waals surface area contributed by atoms with Gasteiger partial charge in [0.25, 0.3) is 0 Å². The zero-order valence-corrected chi connectivity index (χ0v) is 60.9. The van der Waals surface area contributed by atoms with Gasteiger partial charge in [-0.2, -0.15) is 0 Å². The predicted octanol–water partition coefficient (Wildman–Crippen LogP) is 22.6. The number of nitrogens with one attached hydrogen (secondary N) is 1. The first-order valence-corrected chi connectivity index (χ1v) is 39.2. The molecule has 0 saturated carbocycles. The maximum atomic E-state index is 13.2. The Kier molecular flexibility index (Phi) is 67.8. The lowest BCUT2D eigenvalue weighted by atomic mass is 9.99. The molecule has 1 rings (SSSR count). The number of aliphatic hydroxyl groups is 5. The van der Waals surface area contributed by atoms with Crippen LogP contribution in [0.15, 0.2) is 158 Å². The van der Waals surface area contributed by atoms with Crippen LogP contribution in [0.5, 0.6) is 0 Å². The van der Waals surface area contributed by atoms with Crippen molar-refractivity contribution in [3.63, 3.8) is 0 Å². The molecule has 0 radical (unpaired) electrons. The first-order chi connectivity index (χ1) is 46.8. The van der Waals surface area contributed by atoms with Crippen molar-refractivity contribution in [2.75, 3.05) is 13.2 Å². The highest BCUT2D eigenvalue weighted by atomic mass is 16.7. The number of allylic oxidation sites excluding steroid dienone is 25. The molecule has 0 bridgehead atoms. The molecule has 6 N–H and O–H groups in total. The Morgan fingerprint density at radius 1 is 0.368 bits per heavy atom. The first-order valence-electron chi connectivity index (χ1n) is 39.2. The molecule has 7 atom stereocenters. The smallest absolute Gasteiger partial charge is 0.220 e. The summed E-state index contributed by atoms with van der Waals surface area (Å²) in [5.74, 6) is -0.209. The Balaban J connectivity index is 2.17. The van der Waals surface area contributed by atoms with Crippen molar-refractivity contribution in [3.8, 4) is 0 Å². The highest BCUT2D eigenvalue weighted by Gasteiger charge is 2.44. The van der Waals surface area contributed by atoms with Crippen LogP contribution in [0.3, 0.4) is 0 Å². The van der Waals surface area contributed by atoms with Gasteiger partial charge in [0.2, 0.25) is 5.91 Å². The summed E-state index contributed by atoms with van der Waals surface area (Å²) < 4.78 is 11.3. The Labute approximate surface area is 584 Å². The van der Waals surface area contributed by atoms with E-state index in [0.29, 0.717) is 6.42 Å². The highest BCUT2D eigenvalue weighted by Crippen LogP contribution is 2.23. The van der Waals surface area contributed by atoms with Crippen LogP contribution in [-0.2, 0) is 14.3 Å². The van der Waals surface area contributed by atoms with Gasteiger partial charge in [0.05, 0.1) is 25.4 Å². The molecule has 1 fully saturated rings. The minimum atomic E-state index is -1.59. The molecular formula is C86H145NO8. The van der Waals surface area contributed by atoms with Crippen molar-refractivity contribution in [1.82, 2.24) is 5.32 Å². The highest BCUT2D eigenvalue weighted by molar-refractivity contribution is 5.76. The largest absolute Gasteiger partial charge is 0.394 e. The fourth-order valence-corrected chi connectivity index (χ4v) is 11.5. The van der Waals surface area contributed by atoms with Crippen molar-refractivity contribution in [1.29, 1.82) is 0 Å². The van der Waals surface area contributed by atoms with E-state index >= 15 is 0 Å². The van der Waals surface area contributed by atoms with Gasteiger partial charge in [0.1, 0.15) is 24.4 Å². The Morgan fingerprint density at radius 3 is 1.01 bits per heavy atom. The van der Waals surface area contributed by atoms with Gasteiger partial charge in [-0.3, -0.25) is 4.79 Å². The number of aliphatic hydroxyl groups excluding tert-OH is 5. The van der Waals surface area contributed by atoms with Gasteiger partial charge in [-0.25, -0.2) is 0 Å². The maximum Gasteiger partial charge on any atom is 0.220 e. The zero-order chi connectivity index (χ0) is 68.5. The predicted molar refractivity (Wildman–Crippen MR) is 409 cm³/mol. The van der Waals surface area contributed by atoms with Crippen molar-refractivity contribution in [2.24, 2.45) is 0 Å². The summed E-state index contributed by atoms with van der Waals surface area (Å²) in [5, 5.41) is 54.8. The van der Waals surface area contributed by atoms with E-state index in [-0.39, 0.29) is 12.5 Å². The summed E-state index contributed by atoms with van der Waals surface area (Å²) in [6, 6.07) is -0.847. The van der Waals surface area contributed by atoms with E-state index in [1.165, 1.54) is 173 Å². The van der Waals surface area contributed by atoms with Gasteiger partial charge in [0.15, 0.2) is 6.29 Å². The van der Waals surface area contributed by atoms with Crippen molar-refractivity contribution in [3.05, 3.63) is 158 Å². The molecular weight excluding hydrogens is 1170 g/mol.